The normalized spacial score (nSPS) is 10.2. The lowest BCUT2D eigenvalue weighted by Gasteiger charge is -1.96. The van der Waals surface area contributed by atoms with Crippen molar-refractivity contribution in [2.45, 2.75) is 0 Å². The number of anilines is 1. The predicted molar refractivity (Wildman–Crippen MR) is 41.7 cm³/mol. The molecule has 54 valence electrons. The van der Waals surface area contributed by atoms with Gasteiger partial charge in [-0.2, -0.15) is 10.2 Å². The Kier molecular flexibility index (Phi) is 1.18. The van der Waals surface area contributed by atoms with Crippen LogP contribution in [0.25, 0.3) is 10.8 Å². The molecule has 0 fully saturated rings. The summed E-state index contributed by atoms with van der Waals surface area (Å²) in [6, 6.07) is 1.85. The van der Waals surface area contributed by atoms with Crippen molar-refractivity contribution in [2.75, 3.05) is 5.73 Å². The van der Waals surface area contributed by atoms with E-state index in [4.69, 9.17) is 5.73 Å². The summed E-state index contributed by atoms with van der Waals surface area (Å²) in [7, 11) is 0. The van der Waals surface area contributed by atoms with Crippen LogP contribution < -0.4 is 5.73 Å². The molecule has 11 heavy (non-hydrogen) atoms. The SMILES string of the molecule is Nc1nccc2cnncc12. The van der Waals surface area contributed by atoms with Crippen LogP contribution in [-0.2, 0) is 0 Å². The second kappa shape index (κ2) is 2.16. The maximum Gasteiger partial charge on any atom is 0.132 e. The molecule has 0 unspecified atom stereocenters. The summed E-state index contributed by atoms with van der Waals surface area (Å²) in [6.07, 6.45) is 4.92. The third-order valence-electron chi connectivity index (χ3n) is 1.50. The summed E-state index contributed by atoms with van der Waals surface area (Å²) < 4.78 is 0. The molecule has 2 rings (SSSR count). The minimum Gasteiger partial charge on any atom is -0.383 e. The van der Waals surface area contributed by atoms with Crippen molar-refractivity contribution in [1.29, 1.82) is 0 Å². The van der Waals surface area contributed by atoms with E-state index in [1.54, 1.807) is 18.6 Å². The van der Waals surface area contributed by atoms with Crippen LogP contribution in [-0.4, -0.2) is 15.2 Å². The molecule has 2 N–H and O–H groups in total. The standard InChI is InChI=1S/C7H6N4/c8-7-6-4-11-10-3-5(6)1-2-9-7/h1-4H,(H2,8,9). The molecule has 0 aliphatic rings. The minimum absolute atomic E-state index is 0.498. The number of aromatic nitrogens is 3. The molecule has 0 aliphatic carbocycles. The molecule has 0 aliphatic heterocycles. The average molecular weight is 146 g/mol. The fourth-order valence-corrected chi connectivity index (χ4v) is 0.945. The monoisotopic (exact) mass is 146 g/mol. The lowest BCUT2D eigenvalue weighted by Crippen LogP contribution is -1.91. The Balaban J connectivity index is 2.91. The summed E-state index contributed by atoms with van der Waals surface area (Å²) in [5, 5.41) is 9.24. The van der Waals surface area contributed by atoms with Gasteiger partial charge in [-0.3, -0.25) is 0 Å². The van der Waals surface area contributed by atoms with Gasteiger partial charge in [-0.15, -0.1) is 0 Å². The van der Waals surface area contributed by atoms with Crippen molar-refractivity contribution in [3.8, 4) is 0 Å². The Labute approximate surface area is 63.1 Å². The van der Waals surface area contributed by atoms with Crippen LogP contribution in [0.4, 0.5) is 5.82 Å². The zero-order valence-corrected chi connectivity index (χ0v) is 5.73. The van der Waals surface area contributed by atoms with Crippen LogP contribution in [0, 0.1) is 0 Å². The van der Waals surface area contributed by atoms with E-state index in [9.17, 15) is 0 Å². The number of hydrogen-bond acceptors (Lipinski definition) is 4. The number of hydrogen-bond donors (Lipinski definition) is 1. The molecule has 2 aromatic heterocycles. The summed E-state index contributed by atoms with van der Waals surface area (Å²) >= 11 is 0. The molecule has 4 heteroatoms. The maximum atomic E-state index is 5.58. The van der Waals surface area contributed by atoms with E-state index >= 15 is 0 Å². The van der Waals surface area contributed by atoms with Gasteiger partial charge in [0.1, 0.15) is 5.82 Å². The highest BCUT2D eigenvalue weighted by atomic mass is 15.1. The molecule has 0 saturated carbocycles. The molecule has 0 amide bonds. The van der Waals surface area contributed by atoms with Gasteiger partial charge in [0.05, 0.1) is 12.4 Å². The van der Waals surface area contributed by atoms with Crippen molar-refractivity contribution in [1.82, 2.24) is 15.2 Å². The molecule has 2 aromatic rings. The van der Waals surface area contributed by atoms with E-state index in [0.717, 1.165) is 10.8 Å². The van der Waals surface area contributed by atoms with Gasteiger partial charge in [-0.1, -0.05) is 0 Å². The lowest BCUT2D eigenvalue weighted by atomic mass is 10.2. The van der Waals surface area contributed by atoms with E-state index in [2.05, 4.69) is 15.2 Å². The molecule has 2 heterocycles. The second-order valence-electron chi connectivity index (χ2n) is 2.19. The van der Waals surface area contributed by atoms with E-state index in [-0.39, 0.29) is 0 Å². The van der Waals surface area contributed by atoms with Crippen LogP contribution in [0.15, 0.2) is 24.7 Å². The first kappa shape index (κ1) is 6.03. The molecule has 0 bridgehead atoms. The van der Waals surface area contributed by atoms with Crippen LogP contribution in [0.2, 0.25) is 0 Å². The summed E-state index contributed by atoms with van der Waals surface area (Å²) in [5.74, 6) is 0.498. The maximum absolute atomic E-state index is 5.58. The third-order valence-corrected chi connectivity index (χ3v) is 1.50. The van der Waals surface area contributed by atoms with Gasteiger partial charge in [0.2, 0.25) is 0 Å². The molecule has 0 aromatic carbocycles. The van der Waals surface area contributed by atoms with Crippen molar-refractivity contribution < 1.29 is 0 Å². The van der Waals surface area contributed by atoms with Crippen molar-refractivity contribution in [3.63, 3.8) is 0 Å². The van der Waals surface area contributed by atoms with Crippen LogP contribution >= 0.6 is 0 Å². The third kappa shape index (κ3) is 0.881. The zero-order valence-electron chi connectivity index (χ0n) is 5.73. The van der Waals surface area contributed by atoms with E-state index in [1.165, 1.54) is 0 Å². The fraction of sp³-hybridized carbons (Fsp3) is 0. The van der Waals surface area contributed by atoms with Crippen molar-refractivity contribution in [2.24, 2.45) is 0 Å². The van der Waals surface area contributed by atoms with Gasteiger partial charge in [-0.05, 0) is 6.07 Å². The number of fused-ring (bicyclic) bond motifs is 1. The Bertz CT molecular complexity index is 380. The van der Waals surface area contributed by atoms with E-state index < -0.39 is 0 Å². The number of rotatable bonds is 0. The molecular formula is C7H6N4. The molecule has 0 saturated heterocycles. The minimum atomic E-state index is 0.498. The topological polar surface area (TPSA) is 64.7 Å². The van der Waals surface area contributed by atoms with E-state index in [0.29, 0.717) is 5.82 Å². The average Bonchev–Trinajstić information content (AvgIpc) is 2.06. The number of nitrogen functional groups attached to an aromatic ring is 1. The molecular weight excluding hydrogens is 140 g/mol. The van der Waals surface area contributed by atoms with Gasteiger partial charge >= 0.3 is 0 Å². The summed E-state index contributed by atoms with van der Waals surface area (Å²) in [5.41, 5.74) is 5.58. The fourth-order valence-electron chi connectivity index (χ4n) is 0.945. The quantitative estimate of drug-likeness (QED) is 0.591. The van der Waals surface area contributed by atoms with Crippen LogP contribution in [0.1, 0.15) is 0 Å². The number of nitrogens with zero attached hydrogens (tertiary/aromatic N) is 3. The zero-order chi connectivity index (χ0) is 7.68. The summed E-state index contributed by atoms with van der Waals surface area (Å²) in [4.78, 5) is 3.92. The van der Waals surface area contributed by atoms with Crippen molar-refractivity contribution in [3.05, 3.63) is 24.7 Å². The Hall–Kier alpha value is -1.71. The second-order valence-corrected chi connectivity index (χ2v) is 2.19. The Morgan fingerprint density at radius 2 is 2.00 bits per heavy atom. The lowest BCUT2D eigenvalue weighted by molar-refractivity contribution is 1.05. The number of pyridine rings is 1. The predicted octanol–water partition coefficient (Wildman–Crippen LogP) is 0.607. The van der Waals surface area contributed by atoms with Gasteiger partial charge in [-0.25, -0.2) is 4.98 Å². The molecule has 4 nitrogen and oxygen atoms in total. The first-order valence-electron chi connectivity index (χ1n) is 3.19. The molecule has 0 spiro atoms. The van der Waals surface area contributed by atoms with Gasteiger partial charge in [0.25, 0.3) is 0 Å². The summed E-state index contributed by atoms with van der Waals surface area (Å²) in [6.45, 7) is 0. The Morgan fingerprint density at radius 3 is 2.82 bits per heavy atom. The van der Waals surface area contributed by atoms with Gasteiger partial charge in [0.15, 0.2) is 0 Å². The smallest absolute Gasteiger partial charge is 0.132 e. The number of nitrogens with two attached hydrogens (primary N) is 1. The van der Waals surface area contributed by atoms with Gasteiger partial charge < -0.3 is 5.73 Å². The molecule has 0 radical (unpaired) electrons. The van der Waals surface area contributed by atoms with Crippen LogP contribution in [0.3, 0.4) is 0 Å². The van der Waals surface area contributed by atoms with Gasteiger partial charge in [0, 0.05) is 17.0 Å². The van der Waals surface area contributed by atoms with Crippen molar-refractivity contribution >= 4 is 16.6 Å². The Morgan fingerprint density at radius 1 is 1.18 bits per heavy atom. The van der Waals surface area contributed by atoms with E-state index in [1.807, 2.05) is 6.07 Å². The highest BCUT2D eigenvalue weighted by Gasteiger charge is 1.96. The highest BCUT2D eigenvalue weighted by Crippen LogP contribution is 2.14. The van der Waals surface area contributed by atoms with Crippen LogP contribution in [0.5, 0.6) is 0 Å². The first-order chi connectivity index (χ1) is 5.38. The first-order valence-corrected chi connectivity index (χ1v) is 3.19. The highest BCUT2D eigenvalue weighted by molar-refractivity contribution is 5.88. The molecule has 0 atom stereocenters. The largest absolute Gasteiger partial charge is 0.383 e.